The summed E-state index contributed by atoms with van der Waals surface area (Å²) in [6.07, 6.45) is 0. The fraction of sp³-hybridized carbons (Fsp3) is 0.174. The van der Waals surface area contributed by atoms with Gasteiger partial charge in [-0.2, -0.15) is 0 Å². The van der Waals surface area contributed by atoms with E-state index >= 15 is 0 Å². The molecular formula is C23H19ClFN3O3S. The van der Waals surface area contributed by atoms with Gasteiger partial charge in [-0.3, -0.25) is 14.2 Å². The van der Waals surface area contributed by atoms with Gasteiger partial charge < -0.3 is 5.32 Å². The Morgan fingerprint density at radius 3 is 2.59 bits per heavy atom. The molecule has 164 valence electrons. The lowest BCUT2D eigenvalue weighted by atomic mass is 10.1. The van der Waals surface area contributed by atoms with E-state index in [1.807, 2.05) is 19.9 Å². The minimum Gasteiger partial charge on any atom is -0.350 e. The molecule has 2 aromatic heterocycles. The Bertz CT molecular complexity index is 1470. The number of nitrogens with one attached hydrogen (secondary N) is 1. The SMILES string of the molecule is Cc1ccc(-n2c(=O)c3sccc3n(CC(=O)NCc3ccc(F)c(Cl)c3)c2=O)cc1C. The zero-order valence-electron chi connectivity index (χ0n) is 17.3. The predicted molar refractivity (Wildman–Crippen MR) is 124 cm³/mol. The van der Waals surface area contributed by atoms with Gasteiger partial charge in [-0.15, -0.1) is 11.3 Å². The summed E-state index contributed by atoms with van der Waals surface area (Å²) < 4.78 is 16.1. The molecule has 0 spiro atoms. The van der Waals surface area contributed by atoms with Crippen LogP contribution >= 0.6 is 22.9 Å². The standard InChI is InChI=1S/C23H19ClFN3O3S/c1-13-3-5-16(9-14(13)2)28-22(30)21-19(7-8-32-21)27(23(28)31)12-20(29)26-11-15-4-6-18(25)17(24)10-15/h3-10H,11-12H2,1-2H3,(H,26,29). The molecule has 4 aromatic rings. The first kappa shape index (κ1) is 22.0. The molecule has 1 amide bonds. The van der Waals surface area contributed by atoms with Crippen LogP contribution in [0.2, 0.25) is 5.02 Å². The van der Waals surface area contributed by atoms with Crippen LogP contribution in [-0.4, -0.2) is 15.0 Å². The van der Waals surface area contributed by atoms with Crippen molar-refractivity contribution in [2.24, 2.45) is 0 Å². The fourth-order valence-electron chi connectivity index (χ4n) is 3.38. The van der Waals surface area contributed by atoms with Crippen LogP contribution in [0.5, 0.6) is 0 Å². The minimum absolute atomic E-state index is 0.0339. The molecule has 0 unspecified atom stereocenters. The first-order valence-electron chi connectivity index (χ1n) is 9.77. The summed E-state index contributed by atoms with van der Waals surface area (Å²) in [5, 5.41) is 4.38. The molecule has 0 bridgehead atoms. The highest BCUT2D eigenvalue weighted by Crippen LogP contribution is 2.18. The van der Waals surface area contributed by atoms with E-state index in [0.29, 0.717) is 21.5 Å². The molecule has 0 saturated carbocycles. The van der Waals surface area contributed by atoms with E-state index in [1.165, 1.54) is 34.1 Å². The molecule has 32 heavy (non-hydrogen) atoms. The van der Waals surface area contributed by atoms with Crippen LogP contribution in [0, 0.1) is 19.7 Å². The second-order valence-corrected chi connectivity index (χ2v) is 8.76. The zero-order valence-corrected chi connectivity index (χ0v) is 18.9. The number of rotatable bonds is 5. The van der Waals surface area contributed by atoms with Crippen LogP contribution < -0.4 is 16.6 Å². The Morgan fingerprint density at radius 2 is 1.88 bits per heavy atom. The third-order valence-electron chi connectivity index (χ3n) is 5.28. The van der Waals surface area contributed by atoms with Crippen LogP contribution in [0.25, 0.3) is 15.9 Å². The number of aromatic nitrogens is 2. The molecule has 2 aromatic carbocycles. The molecule has 0 atom stereocenters. The molecule has 0 aliphatic rings. The van der Waals surface area contributed by atoms with Gasteiger partial charge in [-0.05, 0) is 66.2 Å². The van der Waals surface area contributed by atoms with Crippen molar-refractivity contribution >= 4 is 39.1 Å². The quantitative estimate of drug-likeness (QED) is 0.479. The van der Waals surface area contributed by atoms with Crippen molar-refractivity contribution in [1.29, 1.82) is 0 Å². The summed E-state index contributed by atoms with van der Waals surface area (Å²) >= 11 is 7.00. The molecule has 2 heterocycles. The number of thiophene rings is 1. The van der Waals surface area contributed by atoms with Crippen LogP contribution in [0.3, 0.4) is 0 Å². The van der Waals surface area contributed by atoms with Crippen molar-refractivity contribution in [1.82, 2.24) is 14.5 Å². The molecule has 0 radical (unpaired) electrons. The Labute approximate surface area is 191 Å². The number of fused-ring (bicyclic) bond motifs is 1. The van der Waals surface area contributed by atoms with E-state index in [9.17, 15) is 18.8 Å². The van der Waals surface area contributed by atoms with Gasteiger partial charge in [0.15, 0.2) is 0 Å². The minimum atomic E-state index is -0.593. The van der Waals surface area contributed by atoms with Crippen molar-refractivity contribution in [2.45, 2.75) is 26.9 Å². The van der Waals surface area contributed by atoms with Crippen molar-refractivity contribution in [3.05, 3.63) is 96.2 Å². The van der Waals surface area contributed by atoms with E-state index < -0.39 is 23.0 Å². The van der Waals surface area contributed by atoms with E-state index in [4.69, 9.17) is 11.6 Å². The average molecular weight is 472 g/mol. The second-order valence-electron chi connectivity index (χ2n) is 7.44. The molecule has 6 nitrogen and oxygen atoms in total. The summed E-state index contributed by atoms with van der Waals surface area (Å²) in [6, 6.07) is 11.2. The van der Waals surface area contributed by atoms with Gasteiger partial charge >= 0.3 is 5.69 Å². The summed E-state index contributed by atoms with van der Waals surface area (Å²) in [6.45, 7) is 3.70. The summed E-state index contributed by atoms with van der Waals surface area (Å²) in [5.74, 6) is -0.966. The van der Waals surface area contributed by atoms with Crippen LogP contribution in [-0.2, 0) is 17.9 Å². The largest absolute Gasteiger partial charge is 0.350 e. The van der Waals surface area contributed by atoms with Crippen molar-refractivity contribution < 1.29 is 9.18 Å². The van der Waals surface area contributed by atoms with Crippen molar-refractivity contribution in [2.75, 3.05) is 0 Å². The lowest BCUT2D eigenvalue weighted by Gasteiger charge is -2.13. The number of halogens is 2. The maximum atomic E-state index is 13.3. The van der Waals surface area contributed by atoms with Gasteiger partial charge in [0.2, 0.25) is 5.91 Å². The first-order chi connectivity index (χ1) is 15.3. The molecule has 4 rings (SSSR count). The number of hydrogen-bond acceptors (Lipinski definition) is 4. The zero-order chi connectivity index (χ0) is 23.0. The van der Waals surface area contributed by atoms with Crippen LogP contribution in [0.1, 0.15) is 16.7 Å². The lowest BCUT2D eigenvalue weighted by molar-refractivity contribution is -0.121. The Hall–Kier alpha value is -3.23. The molecule has 0 fully saturated rings. The monoisotopic (exact) mass is 471 g/mol. The summed E-state index contributed by atoms with van der Waals surface area (Å²) in [4.78, 5) is 38.9. The fourth-order valence-corrected chi connectivity index (χ4v) is 4.41. The molecule has 0 aliphatic heterocycles. The number of hydrogen-bond donors (Lipinski definition) is 1. The number of aryl methyl sites for hydroxylation is 2. The topological polar surface area (TPSA) is 73.1 Å². The second kappa shape index (κ2) is 8.72. The first-order valence-corrected chi connectivity index (χ1v) is 11.0. The highest BCUT2D eigenvalue weighted by Gasteiger charge is 2.18. The number of nitrogens with zero attached hydrogens (tertiary/aromatic N) is 2. The van der Waals surface area contributed by atoms with Crippen LogP contribution in [0.15, 0.2) is 57.4 Å². The number of amides is 1. The van der Waals surface area contributed by atoms with Gasteiger partial charge in [-0.25, -0.2) is 13.8 Å². The highest BCUT2D eigenvalue weighted by molar-refractivity contribution is 7.17. The number of carbonyl (C=O) groups is 1. The van der Waals surface area contributed by atoms with Crippen LogP contribution in [0.4, 0.5) is 4.39 Å². The summed E-state index contributed by atoms with van der Waals surface area (Å²) in [7, 11) is 0. The number of carbonyl (C=O) groups excluding carboxylic acids is 1. The predicted octanol–water partition coefficient (Wildman–Crippen LogP) is 3.94. The van der Waals surface area contributed by atoms with Gasteiger partial charge in [0.1, 0.15) is 17.1 Å². The Morgan fingerprint density at radius 1 is 1.09 bits per heavy atom. The third kappa shape index (κ3) is 4.11. The number of benzene rings is 2. The van der Waals surface area contributed by atoms with Gasteiger partial charge in [0, 0.05) is 6.54 Å². The van der Waals surface area contributed by atoms with Gasteiger partial charge in [0.05, 0.1) is 16.2 Å². The van der Waals surface area contributed by atoms with E-state index in [2.05, 4.69) is 5.32 Å². The smallest absolute Gasteiger partial charge is 0.336 e. The highest BCUT2D eigenvalue weighted by atomic mass is 35.5. The van der Waals surface area contributed by atoms with E-state index in [-0.39, 0.29) is 18.1 Å². The lowest BCUT2D eigenvalue weighted by Crippen LogP contribution is -2.41. The molecule has 1 N–H and O–H groups in total. The molecule has 9 heteroatoms. The van der Waals surface area contributed by atoms with E-state index in [1.54, 1.807) is 23.6 Å². The third-order valence-corrected chi connectivity index (χ3v) is 6.46. The average Bonchev–Trinajstić information content (AvgIpc) is 3.25. The Balaban J connectivity index is 1.69. The summed E-state index contributed by atoms with van der Waals surface area (Å²) in [5.41, 5.74) is 2.46. The molecular weight excluding hydrogens is 453 g/mol. The molecule has 0 saturated heterocycles. The van der Waals surface area contributed by atoms with Crippen molar-refractivity contribution in [3.63, 3.8) is 0 Å². The van der Waals surface area contributed by atoms with Gasteiger partial charge in [-0.1, -0.05) is 23.7 Å². The van der Waals surface area contributed by atoms with Crippen molar-refractivity contribution in [3.8, 4) is 5.69 Å². The maximum absolute atomic E-state index is 13.3. The van der Waals surface area contributed by atoms with Gasteiger partial charge in [0.25, 0.3) is 5.56 Å². The normalized spacial score (nSPS) is 11.1. The Kier molecular flexibility index (Phi) is 5.99. The van der Waals surface area contributed by atoms with E-state index in [0.717, 1.165) is 15.7 Å². The molecule has 0 aliphatic carbocycles. The maximum Gasteiger partial charge on any atom is 0.336 e.